The van der Waals surface area contributed by atoms with E-state index in [2.05, 4.69) is 0 Å². The van der Waals surface area contributed by atoms with Crippen LogP contribution in [0.25, 0.3) is 5.76 Å². The van der Waals surface area contributed by atoms with E-state index in [4.69, 9.17) is 4.42 Å². The Labute approximate surface area is 171 Å². The molecule has 1 unspecified atom stereocenters. The number of hydrogen-bond acceptors (Lipinski definition) is 5. The minimum Gasteiger partial charge on any atom is -0.507 e. The summed E-state index contributed by atoms with van der Waals surface area (Å²) < 4.78 is 5.79. The lowest BCUT2D eigenvalue weighted by atomic mass is 9.96. The molecule has 1 saturated heterocycles. The quantitative estimate of drug-likeness (QED) is 0.459. The van der Waals surface area contributed by atoms with E-state index >= 15 is 0 Å². The van der Waals surface area contributed by atoms with Crippen molar-refractivity contribution < 1.29 is 19.1 Å². The van der Waals surface area contributed by atoms with Gasteiger partial charge >= 0.3 is 0 Å². The van der Waals surface area contributed by atoms with Crippen LogP contribution in [0.15, 0.2) is 40.3 Å². The van der Waals surface area contributed by atoms with Crippen molar-refractivity contribution in [2.75, 3.05) is 27.2 Å². The van der Waals surface area contributed by atoms with Crippen LogP contribution in [-0.4, -0.2) is 53.8 Å². The molecule has 1 N–H and O–H groups in total. The van der Waals surface area contributed by atoms with Crippen molar-refractivity contribution in [1.29, 1.82) is 0 Å². The summed E-state index contributed by atoms with van der Waals surface area (Å²) in [7, 11) is 3.92. The molecule has 1 aromatic heterocycles. The lowest BCUT2D eigenvalue weighted by Gasteiger charge is -2.24. The molecule has 154 valence electrons. The standard InChI is InChI=1S/C23H28N2O4/c1-14-7-8-15(2)17(13-14)21(26)19-20(18-10-9-16(3)29-18)25(23(28)22(19)27)12-6-11-24(4)5/h7-10,13,20,26H,6,11-12H2,1-5H3. The molecule has 1 fully saturated rings. The Balaban J connectivity index is 2.11. The lowest BCUT2D eigenvalue weighted by Crippen LogP contribution is -2.32. The molecule has 1 amide bonds. The van der Waals surface area contributed by atoms with E-state index in [1.807, 2.05) is 58.0 Å². The van der Waals surface area contributed by atoms with Crippen LogP contribution in [0, 0.1) is 20.8 Å². The zero-order valence-corrected chi connectivity index (χ0v) is 17.7. The largest absolute Gasteiger partial charge is 0.507 e. The number of ketones is 1. The van der Waals surface area contributed by atoms with Gasteiger partial charge in [0.15, 0.2) is 0 Å². The first kappa shape index (κ1) is 20.9. The van der Waals surface area contributed by atoms with E-state index in [0.717, 1.165) is 17.7 Å². The monoisotopic (exact) mass is 396 g/mol. The van der Waals surface area contributed by atoms with Crippen LogP contribution in [-0.2, 0) is 9.59 Å². The predicted molar refractivity (Wildman–Crippen MR) is 112 cm³/mol. The zero-order chi connectivity index (χ0) is 21.3. The highest BCUT2D eigenvalue weighted by molar-refractivity contribution is 6.46. The number of rotatable bonds is 6. The average molecular weight is 396 g/mol. The Kier molecular flexibility index (Phi) is 5.94. The van der Waals surface area contributed by atoms with E-state index in [-0.39, 0.29) is 11.3 Å². The number of amides is 1. The maximum atomic E-state index is 13.0. The number of aliphatic hydroxyl groups excluding tert-OH is 1. The first-order chi connectivity index (χ1) is 13.7. The van der Waals surface area contributed by atoms with Gasteiger partial charge in [0, 0.05) is 12.1 Å². The van der Waals surface area contributed by atoms with Gasteiger partial charge < -0.3 is 19.3 Å². The van der Waals surface area contributed by atoms with Gasteiger partial charge in [-0.15, -0.1) is 0 Å². The molecular formula is C23H28N2O4. The SMILES string of the molecule is Cc1ccc(C)c(C(O)=C2C(=O)C(=O)N(CCCN(C)C)C2c2ccc(C)o2)c1. The molecule has 0 radical (unpaired) electrons. The van der Waals surface area contributed by atoms with Crippen LogP contribution < -0.4 is 0 Å². The topological polar surface area (TPSA) is 74.0 Å². The number of hydrogen-bond donors (Lipinski definition) is 1. The van der Waals surface area contributed by atoms with Crippen LogP contribution in [0.3, 0.4) is 0 Å². The second-order valence-corrected chi connectivity index (χ2v) is 7.92. The fourth-order valence-corrected chi connectivity index (χ4v) is 3.70. The molecule has 6 nitrogen and oxygen atoms in total. The van der Waals surface area contributed by atoms with Crippen LogP contribution in [0.1, 0.15) is 40.7 Å². The number of carbonyl (C=O) groups is 2. The predicted octanol–water partition coefficient (Wildman–Crippen LogP) is 3.58. The maximum Gasteiger partial charge on any atom is 0.295 e. The second-order valence-electron chi connectivity index (χ2n) is 7.92. The molecule has 2 aromatic rings. The van der Waals surface area contributed by atoms with Crippen molar-refractivity contribution in [3.63, 3.8) is 0 Å². The second kappa shape index (κ2) is 8.25. The molecule has 3 rings (SSSR count). The minimum absolute atomic E-state index is 0.0860. The highest BCUT2D eigenvalue weighted by atomic mass is 16.3. The summed E-state index contributed by atoms with van der Waals surface area (Å²) in [6.45, 7) is 6.78. The minimum atomic E-state index is -0.731. The van der Waals surface area contributed by atoms with Crippen molar-refractivity contribution in [2.45, 2.75) is 33.2 Å². The van der Waals surface area contributed by atoms with Crippen molar-refractivity contribution in [3.8, 4) is 0 Å². The first-order valence-electron chi connectivity index (χ1n) is 9.77. The highest BCUT2D eigenvalue weighted by Gasteiger charge is 2.47. The number of benzene rings is 1. The molecule has 0 spiro atoms. The smallest absolute Gasteiger partial charge is 0.295 e. The molecule has 6 heteroatoms. The Morgan fingerprint density at radius 1 is 1.14 bits per heavy atom. The van der Waals surface area contributed by atoms with E-state index in [9.17, 15) is 14.7 Å². The Morgan fingerprint density at radius 3 is 2.48 bits per heavy atom. The van der Waals surface area contributed by atoms with Gasteiger partial charge in [-0.25, -0.2) is 0 Å². The third kappa shape index (κ3) is 4.12. The van der Waals surface area contributed by atoms with Gasteiger partial charge in [0.1, 0.15) is 23.3 Å². The van der Waals surface area contributed by atoms with Crippen molar-refractivity contribution >= 4 is 17.4 Å². The summed E-state index contributed by atoms with van der Waals surface area (Å²) in [4.78, 5) is 29.3. The number of aryl methyl sites for hydroxylation is 3. The number of nitrogens with zero attached hydrogens (tertiary/aromatic N) is 2. The fraction of sp³-hybridized carbons (Fsp3) is 0.391. The summed E-state index contributed by atoms with van der Waals surface area (Å²) in [5, 5.41) is 11.1. The maximum absolute atomic E-state index is 13.0. The van der Waals surface area contributed by atoms with Crippen LogP contribution in [0.5, 0.6) is 0 Å². The number of carbonyl (C=O) groups excluding carboxylic acids is 2. The molecule has 1 aliphatic rings. The Hall–Kier alpha value is -2.86. The molecule has 0 saturated carbocycles. The number of aliphatic hydroxyl groups is 1. The van der Waals surface area contributed by atoms with Crippen LogP contribution in [0.2, 0.25) is 0 Å². The van der Waals surface area contributed by atoms with Gasteiger partial charge in [-0.3, -0.25) is 9.59 Å². The van der Waals surface area contributed by atoms with Crippen molar-refractivity contribution in [2.24, 2.45) is 0 Å². The van der Waals surface area contributed by atoms with Crippen molar-refractivity contribution in [1.82, 2.24) is 9.80 Å². The van der Waals surface area contributed by atoms with Crippen molar-refractivity contribution in [3.05, 3.63) is 64.1 Å². The zero-order valence-electron chi connectivity index (χ0n) is 17.7. The summed E-state index contributed by atoms with van der Waals surface area (Å²) in [5.74, 6) is -0.260. The summed E-state index contributed by atoms with van der Waals surface area (Å²) in [6.07, 6.45) is 0.708. The molecule has 2 heterocycles. The molecule has 1 atom stereocenters. The van der Waals surface area contributed by atoms with Gasteiger partial charge in [0.05, 0.1) is 5.57 Å². The van der Waals surface area contributed by atoms with E-state index in [1.54, 1.807) is 12.1 Å². The van der Waals surface area contributed by atoms with Gasteiger partial charge in [-0.2, -0.15) is 0 Å². The molecule has 29 heavy (non-hydrogen) atoms. The van der Waals surface area contributed by atoms with Gasteiger partial charge in [-0.05, 0) is 71.6 Å². The van der Waals surface area contributed by atoms with Gasteiger partial charge in [0.2, 0.25) is 0 Å². The summed E-state index contributed by atoms with van der Waals surface area (Å²) in [6, 6.07) is 8.50. The summed E-state index contributed by atoms with van der Waals surface area (Å²) >= 11 is 0. The highest BCUT2D eigenvalue weighted by Crippen LogP contribution is 2.40. The molecule has 0 bridgehead atoms. The number of likely N-dealkylation sites (tertiary alicyclic amines) is 1. The van der Waals surface area contributed by atoms with E-state index in [1.165, 1.54) is 4.90 Å². The van der Waals surface area contributed by atoms with E-state index in [0.29, 0.717) is 30.0 Å². The third-order valence-electron chi connectivity index (χ3n) is 5.22. The van der Waals surface area contributed by atoms with Crippen LogP contribution >= 0.6 is 0 Å². The lowest BCUT2D eigenvalue weighted by molar-refractivity contribution is -0.140. The first-order valence-corrected chi connectivity index (χ1v) is 9.77. The van der Waals surface area contributed by atoms with Gasteiger partial charge in [0.25, 0.3) is 11.7 Å². The Morgan fingerprint density at radius 2 is 1.86 bits per heavy atom. The third-order valence-corrected chi connectivity index (χ3v) is 5.22. The molecule has 0 aliphatic carbocycles. The molecular weight excluding hydrogens is 368 g/mol. The molecule has 1 aliphatic heterocycles. The Bertz CT molecular complexity index is 971. The fourth-order valence-electron chi connectivity index (χ4n) is 3.70. The van der Waals surface area contributed by atoms with Gasteiger partial charge in [-0.1, -0.05) is 17.7 Å². The number of Topliss-reactive ketones (excluding diaryl/α,β-unsaturated/α-hetero) is 1. The van der Waals surface area contributed by atoms with E-state index < -0.39 is 17.7 Å². The number of furan rings is 1. The normalized spacial score (nSPS) is 18.8. The average Bonchev–Trinajstić information content (AvgIpc) is 3.19. The molecule has 1 aromatic carbocycles. The van der Waals surface area contributed by atoms with Crippen LogP contribution in [0.4, 0.5) is 0 Å². The summed E-state index contributed by atoms with van der Waals surface area (Å²) in [5.41, 5.74) is 2.44.